The minimum absolute atomic E-state index is 0.366. The van der Waals surface area contributed by atoms with Crippen LogP contribution in [0.3, 0.4) is 0 Å². The van der Waals surface area contributed by atoms with Gasteiger partial charge in [-0.3, -0.25) is 4.90 Å². The second-order valence-corrected chi connectivity index (χ2v) is 8.98. The number of nitrogens with one attached hydrogen (secondary N) is 1. The number of aryl methyl sites for hydroxylation is 1. The van der Waals surface area contributed by atoms with Crippen LogP contribution in [-0.4, -0.2) is 78.8 Å². The summed E-state index contributed by atoms with van der Waals surface area (Å²) < 4.78 is 34.9. The van der Waals surface area contributed by atoms with Gasteiger partial charge in [-0.15, -0.1) is 5.10 Å². The molecule has 178 valence electrons. The van der Waals surface area contributed by atoms with Crippen LogP contribution in [0.1, 0.15) is 18.7 Å². The highest BCUT2D eigenvalue weighted by atomic mass is 19.3. The van der Waals surface area contributed by atoms with Crippen molar-refractivity contribution >= 4 is 22.6 Å². The highest BCUT2D eigenvalue weighted by Crippen LogP contribution is 2.30. The van der Waals surface area contributed by atoms with Crippen molar-refractivity contribution in [1.82, 2.24) is 34.0 Å². The number of hydrogen-bond acceptors (Lipinski definition) is 7. The Hall–Kier alpha value is -3.18. The number of hydrogen-bond donors (Lipinski definition) is 1. The zero-order chi connectivity index (χ0) is 23.2. The third-order valence-electron chi connectivity index (χ3n) is 6.85. The van der Waals surface area contributed by atoms with Crippen LogP contribution in [0.5, 0.6) is 0 Å². The van der Waals surface area contributed by atoms with Crippen molar-refractivity contribution in [1.29, 1.82) is 0 Å². The molecule has 5 heterocycles. The number of ether oxygens (including phenoxy) is 1. The third-order valence-corrected chi connectivity index (χ3v) is 6.85. The van der Waals surface area contributed by atoms with Crippen molar-refractivity contribution in [2.75, 3.05) is 31.6 Å². The lowest BCUT2D eigenvalue weighted by molar-refractivity contribution is -0.00443. The fourth-order valence-corrected chi connectivity index (χ4v) is 4.97. The SMILES string of the molecule is Cc1nc2ncc(-c3ccn4nc(N[C@H]5C[C@H](N6CCOCC6)C5)ncc34)cc2n1CC(F)F. The Bertz CT molecular complexity index is 1320. The van der Waals surface area contributed by atoms with Gasteiger partial charge in [-0.05, 0) is 31.9 Å². The molecule has 6 rings (SSSR count). The molecule has 0 aromatic carbocycles. The van der Waals surface area contributed by atoms with Gasteiger partial charge in [-0.2, -0.15) is 0 Å². The summed E-state index contributed by atoms with van der Waals surface area (Å²) in [5.74, 6) is 1.12. The van der Waals surface area contributed by atoms with Gasteiger partial charge >= 0.3 is 0 Å². The summed E-state index contributed by atoms with van der Waals surface area (Å²) in [6.07, 6.45) is 5.07. The standard InChI is InChI=1S/C23H26F2N8O/c1-14-28-22-19(32(14)13-21(24)25)8-15(11-26-22)18-2-3-33-20(18)12-27-23(30-33)29-16-9-17(10-16)31-4-6-34-7-5-31/h2-3,8,11-12,16-17,21H,4-7,9-10,13H2,1H3,(H,29,30)/t16-,17-. The second-order valence-electron chi connectivity index (χ2n) is 8.98. The quantitative estimate of drug-likeness (QED) is 0.466. The molecule has 0 unspecified atom stereocenters. The van der Waals surface area contributed by atoms with Crippen LogP contribution in [0.15, 0.2) is 30.7 Å². The van der Waals surface area contributed by atoms with Crippen LogP contribution in [0.4, 0.5) is 14.7 Å². The third kappa shape index (κ3) is 3.88. The van der Waals surface area contributed by atoms with Crippen molar-refractivity contribution in [3.63, 3.8) is 0 Å². The Balaban J connectivity index is 1.20. The zero-order valence-electron chi connectivity index (χ0n) is 18.9. The topological polar surface area (TPSA) is 85.4 Å². The number of rotatable bonds is 6. The maximum atomic E-state index is 13.1. The smallest absolute Gasteiger partial charge is 0.256 e. The van der Waals surface area contributed by atoms with E-state index in [1.165, 1.54) is 4.57 Å². The van der Waals surface area contributed by atoms with Crippen molar-refractivity contribution in [3.8, 4) is 11.1 Å². The van der Waals surface area contributed by atoms with Gasteiger partial charge in [0.15, 0.2) is 5.65 Å². The van der Waals surface area contributed by atoms with Gasteiger partial charge in [0, 0.05) is 48.7 Å². The first kappa shape index (κ1) is 21.4. The number of alkyl halides is 2. The lowest BCUT2D eigenvalue weighted by Gasteiger charge is -2.44. The Morgan fingerprint density at radius 3 is 2.76 bits per heavy atom. The summed E-state index contributed by atoms with van der Waals surface area (Å²) in [5, 5.41) is 8.07. The Kier molecular flexibility index (Phi) is 5.37. The van der Waals surface area contributed by atoms with E-state index in [0.717, 1.165) is 55.8 Å². The molecule has 11 heteroatoms. The van der Waals surface area contributed by atoms with E-state index in [1.54, 1.807) is 23.8 Å². The summed E-state index contributed by atoms with van der Waals surface area (Å²) in [4.78, 5) is 15.8. The summed E-state index contributed by atoms with van der Waals surface area (Å²) in [6, 6.07) is 4.76. The van der Waals surface area contributed by atoms with Gasteiger partial charge < -0.3 is 14.6 Å². The maximum absolute atomic E-state index is 13.1. The molecular weight excluding hydrogens is 442 g/mol. The molecule has 34 heavy (non-hydrogen) atoms. The predicted molar refractivity (Wildman–Crippen MR) is 123 cm³/mol. The normalized spacial score (nSPS) is 21.4. The van der Waals surface area contributed by atoms with Gasteiger partial charge in [0.2, 0.25) is 5.95 Å². The van der Waals surface area contributed by atoms with Crippen LogP contribution in [0.2, 0.25) is 0 Å². The fraction of sp³-hybridized carbons (Fsp3) is 0.478. The van der Waals surface area contributed by atoms with Gasteiger partial charge in [0.25, 0.3) is 6.43 Å². The molecule has 0 radical (unpaired) electrons. The van der Waals surface area contributed by atoms with Gasteiger partial charge in [0.1, 0.15) is 5.82 Å². The van der Waals surface area contributed by atoms with E-state index >= 15 is 0 Å². The molecule has 4 aromatic heterocycles. The van der Waals surface area contributed by atoms with Crippen LogP contribution < -0.4 is 5.32 Å². The molecule has 2 fully saturated rings. The van der Waals surface area contributed by atoms with Crippen molar-refractivity contribution < 1.29 is 13.5 Å². The van der Waals surface area contributed by atoms with Crippen LogP contribution >= 0.6 is 0 Å². The summed E-state index contributed by atoms with van der Waals surface area (Å²) in [6.45, 7) is 4.97. The largest absolute Gasteiger partial charge is 0.379 e. The lowest BCUT2D eigenvalue weighted by Crippen LogP contribution is -2.53. The van der Waals surface area contributed by atoms with Gasteiger partial charge in [-0.25, -0.2) is 28.2 Å². The molecule has 1 saturated heterocycles. The fourth-order valence-electron chi connectivity index (χ4n) is 4.97. The highest BCUT2D eigenvalue weighted by molar-refractivity contribution is 5.85. The first-order valence-corrected chi connectivity index (χ1v) is 11.6. The van der Waals surface area contributed by atoms with Crippen molar-refractivity contribution in [2.45, 2.75) is 44.8 Å². The first-order chi connectivity index (χ1) is 16.5. The Morgan fingerprint density at radius 1 is 1.15 bits per heavy atom. The monoisotopic (exact) mass is 468 g/mol. The molecule has 0 bridgehead atoms. The van der Waals surface area contributed by atoms with E-state index in [9.17, 15) is 8.78 Å². The maximum Gasteiger partial charge on any atom is 0.256 e. The van der Waals surface area contributed by atoms with Crippen LogP contribution in [-0.2, 0) is 11.3 Å². The number of imidazole rings is 1. The Labute approximate surface area is 194 Å². The molecule has 0 atom stereocenters. The summed E-state index contributed by atoms with van der Waals surface area (Å²) >= 11 is 0. The number of pyridine rings is 1. The predicted octanol–water partition coefficient (Wildman–Crippen LogP) is 2.99. The Morgan fingerprint density at radius 2 is 1.97 bits per heavy atom. The average molecular weight is 469 g/mol. The number of nitrogens with zero attached hydrogens (tertiary/aromatic N) is 7. The average Bonchev–Trinajstić information content (AvgIpc) is 3.36. The molecular formula is C23H26F2N8O. The van der Waals surface area contributed by atoms with E-state index in [-0.39, 0.29) is 0 Å². The van der Waals surface area contributed by atoms with E-state index < -0.39 is 13.0 Å². The zero-order valence-corrected chi connectivity index (χ0v) is 18.9. The number of fused-ring (bicyclic) bond motifs is 2. The molecule has 2 aliphatic rings. The van der Waals surface area contributed by atoms with Gasteiger partial charge in [0.05, 0.1) is 37.0 Å². The minimum atomic E-state index is -2.46. The number of anilines is 1. The molecule has 1 N–H and O–H groups in total. The molecule has 9 nitrogen and oxygen atoms in total. The van der Waals surface area contributed by atoms with E-state index in [1.807, 2.05) is 18.3 Å². The van der Waals surface area contributed by atoms with E-state index in [0.29, 0.717) is 35.0 Å². The summed E-state index contributed by atoms with van der Waals surface area (Å²) in [7, 11) is 0. The lowest BCUT2D eigenvalue weighted by atomic mass is 9.85. The van der Waals surface area contributed by atoms with Crippen LogP contribution in [0, 0.1) is 6.92 Å². The van der Waals surface area contributed by atoms with E-state index in [4.69, 9.17) is 4.74 Å². The number of halogens is 2. The molecule has 0 amide bonds. The molecule has 4 aromatic rings. The highest BCUT2D eigenvalue weighted by Gasteiger charge is 2.34. The number of aromatic nitrogens is 6. The van der Waals surface area contributed by atoms with Crippen molar-refractivity contribution in [2.24, 2.45) is 0 Å². The van der Waals surface area contributed by atoms with Crippen molar-refractivity contribution in [3.05, 3.63) is 36.5 Å². The summed E-state index contributed by atoms with van der Waals surface area (Å²) in [5.41, 5.74) is 3.57. The first-order valence-electron chi connectivity index (χ1n) is 11.6. The molecule has 1 aliphatic carbocycles. The van der Waals surface area contributed by atoms with E-state index in [2.05, 4.69) is 30.3 Å². The molecule has 0 spiro atoms. The minimum Gasteiger partial charge on any atom is -0.379 e. The second kappa shape index (κ2) is 8.55. The van der Waals surface area contributed by atoms with Crippen LogP contribution in [0.25, 0.3) is 27.8 Å². The van der Waals surface area contributed by atoms with Gasteiger partial charge in [-0.1, -0.05) is 0 Å². The molecule has 1 saturated carbocycles. The molecule has 1 aliphatic heterocycles. The number of morpholine rings is 1.